The Morgan fingerprint density at radius 3 is 2.24 bits per heavy atom. The summed E-state index contributed by atoms with van der Waals surface area (Å²) in [4.78, 5) is 22.3. The Hall–Kier alpha value is -2.57. The van der Waals surface area contributed by atoms with Gasteiger partial charge in [-0.25, -0.2) is 0 Å². The first kappa shape index (κ1) is 14.8. The molecule has 110 valence electrons. The van der Waals surface area contributed by atoms with Crippen molar-refractivity contribution in [1.29, 1.82) is 0 Å². The van der Waals surface area contributed by atoms with Crippen LogP contribution in [0.3, 0.4) is 0 Å². The van der Waals surface area contributed by atoms with Crippen LogP contribution in [-0.2, 0) is 9.59 Å². The van der Waals surface area contributed by atoms with Gasteiger partial charge in [0.05, 0.1) is 0 Å². The summed E-state index contributed by atoms with van der Waals surface area (Å²) in [5, 5.41) is 10.1. The molecule has 0 saturated heterocycles. The first-order valence-electron chi connectivity index (χ1n) is 5.88. The van der Waals surface area contributed by atoms with Crippen molar-refractivity contribution in [2.45, 2.75) is 6.18 Å². The lowest BCUT2D eigenvalue weighted by molar-refractivity contribution is -0.170. The Labute approximate surface area is 117 Å². The summed E-state index contributed by atoms with van der Waals surface area (Å²) < 4.78 is 37.7. The number of carbonyl (C=O) groups is 2. The molecule has 0 atom stereocenters. The Kier molecular flexibility index (Phi) is 3.84. The second-order valence-corrected chi connectivity index (χ2v) is 4.31. The molecular formula is C14H10F3NO3. The molecule has 0 radical (unpaired) electrons. The number of carbonyl (C=O) groups excluding carboxylic acids is 1. The molecule has 0 unspecified atom stereocenters. The van der Waals surface area contributed by atoms with Crippen LogP contribution in [0.4, 0.5) is 18.9 Å². The Balaban J connectivity index is 2.47. The number of carboxylic acid groups (broad SMARTS) is 1. The summed E-state index contributed by atoms with van der Waals surface area (Å²) in [5.74, 6) is -3.74. The van der Waals surface area contributed by atoms with Crippen molar-refractivity contribution in [2.75, 3.05) is 11.4 Å². The van der Waals surface area contributed by atoms with E-state index in [0.29, 0.717) is 5.39 Å². The van der Waals surface area contributed by atoms with Crippen LogP contribution in [0.5, 0.6) is 0 Å². The fourth-order valence-electron chi connectivity index (χ4n) is 1.91. The summed E-state index contributed by atoms with van der Waals surface area (Å²) in [5.41, 5.74) is -0.113. The predicted molar refractivity (Wildman–Crippen MR) is 70.0 cm³/mol. The van der Waals surface area contributed by atoms with Gasteiger partial charge < -0.3 is 5.11 Å². The van der Waals surface area contributed by atoms with Crippen molar-refractivity contribution in [3.63, 3.8) is 0 Å². The van der Waals surface area contributed by atoms with E-state index < -0.39 is 24.6 Å². The Morgan fingerprint density at radius 1 is 1.05 bits per heavy atom. The van der Waals surface area contributed by atoms with E-state index >= 15 is 0 Å². The molecule has 0 saturated carbocycles. The van der Waals surface area contributed by atoms with E-state index in [1.807, 2.05) is 0 Å². The number of benzene rings is 2. The fraction of sp³-hybridized carbons (Fsp3) is 0.143. The first-order valence-corrected chi connectivity index (χ1v) is 5.88. The van der Waals surface area contributed by atoms with Gasteiger partial charge in [0.1, 0.15) is 6.54 Å². The SMILES string of the molecule is O=C(O)CN(C(=O)C(F)(F)F)c1ccc2ccccc2c1. The lowest BCUT2D eigenvalue weighted by Gasteiger charge is -2.22. The third-order valence-electron chi connectivity index (χ3n) is 2.83. The van der Waals surface area contributed by atoms with E-state index in [1.54, 1.807) is 24.3 Å². The zero-order valence-electron chi connectivity index (χ0n) is 10.6. The van der Waals surface area contributed by atoms with Gasteiger partial charge in [-0.3, -0.25) is 14.5 Å². The van der Waals surface area contributed by atoms with Gasteiger partial charge in [-0.05, 0) is 22.9 Å². The quantitative estimate of drug-likeness (QED) is 0.947. The number of carboxylic acids is 1. The van der Waals surface area contributed by atoms with Crippen LogP contribution in [0.1, 0.15) is 0 Å². The molecule has 0 fully saturated rings. The number of hydrogen-bond donors (Lipinski definition) is 1. The molecule has 2 rings (SSSR count). The summed E-state index contributed by atoms with van der Waals surface area (Å²) in [6, 6.07) is 11.0. The maximum atomic E-state index is 12.6. The number of anilines is 1. The van der Waals surface area contributed by atoms with Gasteiger partial charge >= 0.3 is 18.1 Å². The molecule has 0 spiro atoms. The van der Waals surface area contributed by atoms with Crippen LogP contribution >= 0.6 is 0 Å². The van der Waals surface area contributed by atoms with Crippen LogP contribution in [0.2, 0.25) is 0 Å². The molecule has 0 aliphatic rings. The lowest BCUT2D eigenvalue weighted by Crippen LogP contribution is -2.44. The smallest absolute Gasteiger partial charge is 0.471 e. The molecular weight excluding hydrogens is 287 g/mol. The molecule has 7 heteroatoms. The minimum atomic E-state index is -5.14. The monoisotopic (exact) mass is 297 g/mol. The topological polar surface area (TPSA) is 57.6 Å². The number of fused-ring (bicyclic) bond motifs is 1. The van der Waals surface area contributed by atoms with E-state index in [2.05, 4.69) is 0 Å². The van der Waals surface area contributed by atoms with E-state index in [9.17, 15) is 22.8 Å². The second kappa shape index (κ2) is 5.43. The first-order chi connectivity index (χ1) is 9.79. The van der Waals surface area contributed by atoms with Crippen LogP contribution in [0.25, 0.3) is 10.8 Å². The molecule has 1 amide bonds. The number of amides is 1. The van der Waals surface area contributed by atoms with Gasteiger partial charge in [-0.1, -0.05) is 30.3 Å². The van der Waals surface area contributed by atoms with Crippen LogP contribution in [-0.4, -0.2) is 29.7 Å². The van der Waals surface area contributed by atoms with Gasteiger partial charge in [-0.15, -0.1) is 0 Å². The minimum absolute atomic E-state index is 0.113. The number of nitrogens with zero attached hydrogens (tertiary/aromatic N) is 1. The average Bonchev–Trinajstić information content (AvgIpc) is 2.42. The second-order valence-electron chi connectivity index (χ2n) is 4.31. The molecule has 1 N–H and O–H groups in total. The maximum Gasteiger partial charge on any atom is 0.471 e. The van der Waals surface area contributed by atoms with Gasteiger partial charge in [-0.2, -0.15) is 13.2 Å². The van der Waals surface area contributed by atoms with Gasteiger partial charge in [0.25, 0.3) is 0 Å². The van der Waals surface area contributed by atoms with Crippen molar-refractivity contribution < 1.29 is 27.9 Å². The third kappa shape index (κ3) is 3.31. The summed E-state index contributed by atoms with van der Waals surface area (Å²) in [7, 11) is 0. The molecule has 21 heavy (non-hydrogen) atoms. The largest absolute Gasteiger partial charge is 0.480 e. The molecule has 0 heterocycles. The van der Waals surface area contributed by atoms with Crippen molar-refractivity contribution in [3.05, 3.63) is 42.5 Å². The molecule has 0 aromatic heterocycles. The normalized spacial score (nSPS) is 11.4. The molecule has 0 aliphatic heterocycles. The van der Waals surface area contributed by atoms with Gasteiger partial charge in [0.2, 0.25) is 0 Å². The number of alkyl halides is 3. The molecule has 0 aliphatic carbocycles. The van der Waals surface area contributed by atoms with Crippen molar-refractivity contribution in [2.24, 2.45) is 0 Å². The highest BCUT2D eigenvalue weighted by atomic mass is 19.4. The minimum Gasteiger partial charge on any atom is -0.480 e. The zero-order valence-corrected chi connectivity index (χ0v) is 10.6. The number of rotatable bonds is 3. The van der Waals surface area contributed by atoms with Crippen LogP contribution in [0, 0.1) is 0 Å². The Morgan fingerprint density at radius 2 is 1.67 bits per heavy atom. The Bertz CT molecular complexity index is 697. The van der Waals surface area contributed by atoms with Gasteiger partial charge in [0.15, 0.2) is 0 Å². The average molecular weight is 297 g/mol. The molecule has 2 aromatic rings. The maximum absolute atomic E-state index is 12.6. The van der Waals surface area contributed by atoms with E-state index in [0.717, 1.165) is 5.39 Å². The number of hydrogen-bond acceptors (Lipinski definition) is 2. The molecule has 0 bridgehead atoms. The van der Waals surface area contributed by atoms with E-state index in [1.165, 1.54) is 18.2 Å². The molecule has 4 nitrogen and oxygen atoms in total. The number of halogens is 3. The standard InChI is InChI=1S/C14H10F3NO3/c15-14(16,17)13(21)18(8-12(19)20)11-6-5-9-3-1-2-4-10(9)7-11/h1-7H,8H2,(H,19,20). The lowest BCUT2D eigenvalue weighted by atomic mass is 10.1. The van der Waals surface area contributed by atoms with Gasteiger partial charge in [0, 0.05) is 5.69 Å². The number of aliphatic carboxylic acids is 1. The van der Waals surface area contributed by atoms with Crippen LogP contribution in [0.15, 0.2) is 42.5 Å². The summed E-state index contributed by atoms with van der Waals surface area (Å²) in [6.07, 6.45) is -5.14. The van der Waals surface area contributed by atoms with Crippen molar-refractivity contribution in [3.8, 4) is 0 Å². The fourth-order valence-corrected chi connectivity index (χ4v) is 1.91. The summed E-state index contributed by atoms with van der Waals surface area (Å²) in [6.45, 7) is -1.06. The highest BCUT2D eigenvalue weighted by Crippen LogP contribution is 2.26. The van der Waals surface area contributed by atoms with Crippen molar-refractivity contribution in [1.82, 2.24) is 0 Å². The van der Waals surface area contributed by atoms with Crippen molar-refractivity contribution >= 4 is 28.3 Å². The third-order valence-corrected chi connectivity index (χ3v) is 2.83. The molecule has 2 aromatic carbocycles. The predicted octanol–water partition coefficient (Wildman–Crippen LogP) is 2.82. The highest BCUT2D eigenvalue weighted by molar-refractivity contribution is 6.02. The van der Waals surface area contributed by atoms with Crippen LogP contribution < -0.4 is 4.90 Å². The zero-order chi connectivity index (χ0) is 15.6. The van der Waals surface area contributed by atoms with E-state index in [4.69, 9.17) is 5.11 Å². The highest BCUT2D eigenvalue weighted by Gasteiger charge is 2.43. The summed E-state index contributed by atoms with van der Waals surface area (Å²) >= 11 is 0. The van der Waals surface area contributed by atoms with E-state index in [-0.39, 0.29) is 10.6 Å².